The Bertz CT molecular complexity index is 345. The van der Waals surface area contributed by atoms with E-state index in [1.54, 1.807) is 13.2 Å². The number of aromatic nitrogens is 1. The Morgan fingerprint density at radius 2 is 2.19 bits per heavy atom. The predicted molar refractivity (Wildman–Crippen MR) is 67.1 cm³/mol. The number of hydrazone groups is 1. The molecule has 0 unspecified atom stereocenters. The molecule has 0 amide bonds. The molecule has 1 aromatic heterocycles. The fourth-order valence-electron chi connectivity index (χ4n) is 0.825. The molecule has 1 aromatic rings. The Hall–Kier alpha value is -0.681. The SMILES string of the molecule is CNC(=S)NN=C(C)c1ccccn1.[Cl][Cu]. The Labute approximate surface area is 113 Å². The maximum atomic E-state index is 4.87. The molecule has 4 nitrogen and oxygen atoms in total. The van der Waals surface area contributed by atoms with E-state index < -0.39 is 0 Å². The molecular weight excluding hydrogens is 295 g/mol. The molecule has 2 N–H and O–H groups in total. The molecule has 0 aromatic carbocycles. The van der Waals surface area contributed by atoms with E-state index in [0.717, 1.165) is 11.4 Å². The van der Waals surface area contributed by atoms with Crippen molar-refractivity contribution in [2.24, 2.45) is 5.10 Å². The number of hydrogen-bond donors (Lipinski definition) is 2. The van der Waals surface area contributed by atoms with Crippen LogP contribution in [0.3, 0.4) is 0 Å². The number of nitrogens with one attached hydrogen (secondary N) is 2. The summed E-state index contributed by atoms with van der Waals surface area (Å²) in [5.74, 6) is 0. The van der Waals surface area contributed by atoms with Gasteiger partial charge in [0.2, 0.25) is 0 Å². The molecule has 0 fully saturated rings. The van der Waals surface area contributed by atoms with Crippen molar-refractivity contribution in [1.82, 2.24) is 15.7 Å². The standard InChI is InChI=1S/C9H12N4S.ClH.Cu/c1-7(12-13-9(14)10-2)8-5-3-4-6-11-8;;/h3-6H,1-2H3,(H2,10,13,14);1H;/q;;+1/p-1. The minimum atomic E-state index is 0.486. The topological polar surface area (TPSA) is 49.3 Å². The third kappa shape index (κ3) is 6.02. The van der Waals surface area contributed by atoms with Crippen LogP contribution in [0, 0.1) is 0 Å². The van der Waals surface area contributed by atoms with Crippen molar-refractivity contribution in [3.8, 4) is 0 Å². The second kappa shape index (κ2) is 9.54. The van der Waals surface area contributed by atoms with Crippen LogP contribution in [0.15, 0.2) is 29.5 Å². The van der Waals surface area contributed by atoms with E-state index in [1.165, 1.54) is 0 Å². The molecule has 92 valence electrons. The number of thiocarbonyl (C=S) groups is 1. The van der Waals surface area contributed by atoms with Gasteiger partial charge in [0.1, 0.15) is 0 Å². The number of rotatable bonds is 2. The van der Waals surface area contributed by atoms with Crippen LogP contribution in [0.2, 0.25) is 0 Å². The molecule has 0 spiro atoms. The van der Waals surface area contributed by atoms with Gasteiger partial charge in [0.05, 0.1) is 11.4 Å². The van der Waals surface area contributed by atoms with Crippen LogP contribution >= 0.6 is 22.3 Å². The van der Waals surface area contributed by atoms with Gasteiger partial charge in [0.15, 0.2) is 5.11 Å². The van der Waals surface area contributed by atoms with Gasteiger partial charge in [-0.05, 0) is 31.3 Å². The van der Waals surface area contributed by atoms with Crippen LogP contribution in [-0.2, 0) is 15.1 Å². The summed E-state index contributed by atoms with van der Waals surface area (Å²) < 4.78 is 0. The Morgan fingerprint density at radius 3 is 2.69 bits per heavy atom. The van der Waals surface area contributed by atoms with Crippen molar-refractivity contribution in [3.63, 3.8) is 0 Å². The summed E-state index contributed by atoms with van der Waals surface area (Å²) in [5.41, 5.74) is 4.33. The zero-order chi connectivity index (χ0) is 12.4. The number of nitrogens with zero attached hydrogens (tertiary/aromatic N) is 2. The maximum absolute atomic E-state index is 4.87. The monoisotopic (exact) mass is 306 g/mol. The van der Waals surface area contributed by atoms with E-state index in [1.807, 2.05) is 25.1 Å². The average Bonchev–Trinajstić information content (AvgIpc) is 2.38. The van der Waals surface area contributed by atoms with E-state index >= 15 is 0 Å². The number of hydrogen-bond acceptors (Lipinski definition) is 3. The molecule has 7 heteroatoms. The van der Waals surface area contributed by atoms with Gasteiger partial charge in [-0.1, -0.05) is 6.07 Å². The van der Waals surface area contributed by atoms with Crippen LogP contribution in [0.4, 0.5) is 0 Å². The van der Waals surface area contributed by atoms with Gasteiger partial charge in [0.25, 0.3) is 0 Å². The van der Waals surface area contributed by atoms with Crippen molar-refractivity contribution in [3.05, 3.63) is 30.1 Å². The third-order valence-electron chi connectivity index (χ3n) is 1.59. The van der Waals surface area contributed by atoms with Crippen LogP contribution in [0.1, 0.15) is 12.6 Å². The zero-order valence-electron chi connectivity index (χ0n) is 8.79. The van der Waals surface area contributed by atoms with Crippen LogP contribution < -0.4 is 10.7 Å². The quantitative estimate of drug-likeness (QED) is 0.377. The molecule has 0 aliphatic heterocycles. The van der Waals surface area contributed by atoms with E-state index in [-0.39, 0.29) is 0 Å². The van der Waals surface area contributed by atoms with Crippen LogP contribution in [-0.4, -0.2) is 22.9 Å². The van der Waals surface area contributed by atoms with E-state index in [9.17, 15) is 0 Å². The van der Waals surface area contributed by atoms with Gasteiger partial charge in [0, 0.05) is 13.2 Å². The molecular formula is C9H12ClCuN4S. The summed E-state index contributed by atoms with van der Waals surface area (Å²) in [6.45, 7) is 1.87. The van der Waals surface area contributed by atoms with Gasteiger partial charge in [-0.3, -0.25) is 10.4 Å². The van der Waals surface area contributed by atoms with Crippen LogP contribution in [0.5, 0.6) is 0 Å². The summed E-state index contributed by atoms with van der Waals surface area (Å²) in [5, 5.41) is 7.32. The van der Waals surface area contributed by atoms with Gasteiger partial charge in [-0.25, -0.2) is 0 Å². The number of pyridine rings is 1. The summed E-state index contributed by atoms with van der Waals surface area (Å²) in [6, 6.07) is 5.67. The summed E-state index contributed by atoms with van der Waals surface area (Å²) in [4.78, 5) is 4.15. The van der Waals surface area contributed by atoms with Crippen molar-refractivity contribution < 1.29 is 15.1 Å². The molecule has 0 atom stereocenters. The van der Waals surface area contributed by atoms with Crippen molar-refractivity contribution in [2.45, 2.75) is 6.92 Å². The number of halogens is 1. The fourth-order valence-corrected chi connectivity index (χ4v) is 0.870. The minimum absolute atomic E-state index is 0.486. The molecule has 1 rings (SSSR count). The molecule has 0 radical (unpaired) electrons. The first-order valence-electron chi connectivity index (χ1n) is 4.29. The summed E-state index contributed by atoms with van der Waals surface area (Å²) >= 11 is 8.53. The first kappa shape index (κ1) is 15.3. The van der Waals surface area contributed by atoms with Gasteiger partial charge >= 0.3 is 25.2 Å². The molecule has 0 aliphatic rings. The third-order valence-corrected chi connectivity index (χ3v) is 1.88. The Kier molecular flexibility index (Phi) is 9.13. The second-order valence-electron chi connectivity index (χ2n) is 2.60. The van der Waals surface area contributed by atoms with Gasteiger partial charge in [-0.15, -0.1) is 0 Å². The van der Waals surface area contributed by atoms with Gasteiger partial charge < -0.3 is 5.32 Å². The van der Waals surface area contributed by atoms with Gasteiger partial charge in [-0.2, -0.15) is 5.10 Å². The molecule has 1 heterocycles. The predicted octanol–water partition coefficient (Wildman–Crippen LogP) is 1.59. The van der Waals surface area contributed by atoms with Crippen LogP contribution in [0.25, 0.3) is 0 Å². The molecule has 0 aliphatic carbocycles. The second-order valence-corrected chi connectivity index (χ2v) is 3.01. The first-order chi connectivity index (χ1) is 7.74. The molecule has 0 bridgehead atoms. The fraction of sp³-hybridized carbons (Fsp3) is 0.222. The average molecular weight is 307 g/mol. The van der Waals surface area contributed by atoms with E-state index in [4.69, 9.17) is 12.2 Å². The van der Waals surface area contributed by atoms with E-state index in [0.29, 0.717) is 5.11 Å². The van der Waals surface area contributed by atoms with E-state index in [2.05, 4.69) is 46.0 Å². The molecule has 0 saturated heterocycles. The zero-order valence-corrected chi connectivity index (χ0v) is 11.3. The molecule has 0 saturated carbocycles. The summed E-state index contributed by atoms with van der Waals surface area (Å²) in [6.07, 6.45) is 1.73. The Balaban J connectivity index is 0.00000106. The molecule has 16 heavy (non-hydrogen) atoms. The first-order valence-corrected chi connectivity index (χ1v) is 5.99. The summed E-state index contributed by atoms with van der Waals surface area (Å²) in [7, 11) is 5.94. The van der Waals surface area contributed by atoms with Crippen molar-refractivity contribution in [2.75, 3.05) is 7.05 Å². The van der Waals surface area contributed by atoms with Crippen molar-refractivity contribution >= 4 is 33.1 Å². The van der Waals surface area contributed by atoms with Crippen molar-refractivity contribution in [1.29, 1.82) is 0 Å². The normalized spacial score (nSPS) is 9.94. The Morgan fingerprint density at radius 1 is 1.50 bits per heavy atom.